The van der Waals surface area contributed by atoms with Crippen LogP contribution in [-0.2, 0) is 0 Å². The fourth-order valence-corrected chi connectivity index (χ4v) is 2.04. The molecule has 0 spiro atoms. The molecule has 1 aliphatic rings. The second-order valence-corrected chi connectivity index (χ2v) is 4.55. The number of rotatable bonds is 4. The smallest absolute Gasteiger partial charge is 0.182 e. The van der Waals surface area contributed by atoms with Crippen molar-refractivity contribution >= 4 is 5.78 Å². The third kappa shape index (κ3) is 2.20. The fourth-order valence-electron chi connectivity index (χ4n) is 2.04. The molecule has 0 aliphatic carbocycles. The first-order valence-electron chi connectivity index (χ1n) is 6.34. The van der Waals surface area contributed by atoms with Crippen molar-refractivity contribution in [1.29, 1.82) is 0 Å². The number of carbonyl (C=O) groups excluding carboxylic acids is 1. The summed E-state index contributed by atoms with van der Waals surface area (Å²) >= 11 is 0. The lowest BCUT2D eigenvalue weighted by Gasteiger charge is -2.26. The van der Waals surface area contributed by atoms with Gasteiger partial charge in [-0.25, -0.2) is 0 Å². The zero-order valence-electron chi connectivity index (χ0n) is 10.9. The minimum Gasteiger partial charge on any atom is -0.486 e. The van der Waals surface area contributed by atoms with E-state index in [4.69, 9.17) is 15.2 Å². The first kappa shape index (κ1) is 12.9. The topological polar surface area (TPSA) is 61.6 Å². The predicted molar refractivity (Wildman–Crippen MR) is 69.3 cm³/mol. The van der Waals surface area contributed by atoms with Gasteiger partial charge < -0.3 is 15.2 Å². The molecule has 0 atom stereocenters. The maximum Gasteiger partial charge on any atom is 0.182 e. The Morgan fingerprint density at radius 2 is 1.83 bits per heavy atom. The van der Waals surface area contributed by atoms with Gasteiger partial charge in [0.15, 0.2) is 17.3 Å². The lowest BCUT2D eigenvalue weighted by Crippen LogP contribution is -2.46. The second-order valence-electron chi connectivity index (χ2n) is 4.55. The minimum atomic E-state index is -0.788. The minimum absolute atomic E-state index is 0.0375. The normalized spacial score (nSPS) is 14.4. The van der Waals surface area contributed by atoms with E-state index in [0.717, 1.165) is 0 Å². The Balaban J connectivity index is 2.31. The van der Waals surface area contributed by atoms with E-state index in [2.05, 4.69) is 0 Å². The molecule has 0 aromatic heterocycles. The van der Waals surface area contributed by atoms with Crippen LogP contribution in [0.4, 0.5) is 0 Å². The van der Waals surface area contributed by atoms with Crippen LogP contribution in [-0.4, -0.2) is 24.5 Å². The largest absolute Gasteiger partial charge is 0.486 e. The molecule has 18 heavy (non-hydrogen) atoms. The van der Waals surface area contributed by atoms with Gasteiger partial charge >= 0.3 is 0 Å². The Bertz CT molecular complexity index is 452. The molecule has 0 bridgehead atoms. The molecule has 1 aliphatic heterocycles. The Hall–Kier alpha value is -1.55. The monoisotopic (exact) mass is 249 g/mol. The molecule has 2 rings (SSSR count). The van der Waals surface area contributed by atoms with E-state index in [0.29, 0.717) is 43.1 Å². The quantitative estimate of drug-likeness (QED) is 0.831. The third-order valence-electron chi connectivity index (χ3n) is 3.52. The van der Waals surface area contributed by atoms with Crippen molar-refractivity contribution in [1.82, 2.24) is 0 Å². The van der Waals surface area contributed by atoms with Crippen LogP contribution in [0, 0.1) is 0 Å². The number of benzene rings is 1. The standard InChI is InChI=1S/C14H19NO3/c1-3-14(15,4-2)13(16)10-5-6-11-12(9-10)18-8-7-17-11/h5-6,9H,3-4,7-8,15H2,1-2H3. The summed E-state index contributed by atoms with van der Waals surface area (Å²) in [5.74, 6) is 1.28. The number of hydrogen-bond acceptors (Lipinski definition) is 4. The van der Waals surface area contributed by atoms with Crippen molar-refractivity contribution in [2.24, 2.45) is 5.73 Å². The van der Waals surface area contributed by atoms with Crippen LogP contribution in [0.5, 0.6) is 11.5 Å². The zero-order valence-corrected chi connectivity index (χ0v) is 10.9. The highest BCUT2D eigenvalue weighted by atomic mass is 16.6. The van der Waals surface area contributed by atoms with Crippen molar-refractivity contribution < 1.29 is 14.3 Å². The molecule has 0 saturated heterocycles. The average molecular weight is 249 g/mol. The van der Waals surface area contributed by atoms with Crippen LogP contribution in [0.2, 0.25) is 0 Å². The number of ether oxygens (including phenoxy) is 2. The SMILES string of the molecule is CCC(N)(CC)C(=O)c1ccc2c(c1)OCCO2. The Labute approximate surface area is 107 Å². The molecule has 4 nitrogen and oxygen atoms in total. The molecule has 0 fully saturated rings. The summed E-state index contributed by atoms with van der Waals surface area (Å²) in [4.78, 5) is 12.4. The van der Waals surface area contributed by atoms with Gasteiger partial charge in [0.2, 0.25) is 0 Å². The van der Waals surface area contributed by atoms with Gasteiger partial charge in [-0.05, 0) is 31.0 Å². The molecule has 2 N–H and O–H groups in total. The maximum atomic E-state index is 12.4. The van der Waals surface area contributed by atoms with Gasteiger partial charge in [0.1, 0.15) is 13.2 Å². The molecular weight excluding hydrogens is 230 g/mol. The third-order valence-corrected chi connectivity index (χ3v) is 3.52. The van der Waals surface area contributed by atoms with Crippen LogP contribution >= 0.6 is 0 Å². The van der Waals surface area contributed by atoms with Crippen LogP contribution < -0.4 is 15.2 Å². The molecule has 0 amide bonds. The van der Waals surface area contributed by atoms with Gasteiger partial charge in [-0.3, -0.25) is 4.79 Å². The highest BCUT2D eigenvalue weighted by molar-refractivity contribution is 6.03. The highest BCUT2D eigenvalue weighted by Gasteiger charge is 2.31. The highest BCUT2D eigenvalue weighted by Crippen LogP contribution is 2.32. The van der Waals surface area contributed by atoms with Crippen LogP contribution in [0.25, 0.3) is 0 Å². The van der Waals surface area contributed by atoms with E-state index in [1.54, 1.807) is 18.2 Å². The van der Waals surface area contributed by atoms with Crippen molar-refractivity contribution in [3.05, 3.63) is 23.8 Å². The first-order valence-corrected chi connectivity index (χ1v) is 6.34. The summed E-state index contributed by atoms with van der Waals surface area (Å²) < 4.78 is 10.9. The molecule has 4 heteroatoms. The zero-order chi connectivity index (χ0) is 13.2. The lowest BCUT2D eigenvalue weighted by molar-refractivity contribution is 0.0878. The summed E-state index contributed by atoms with van der Waals surface area (Å²) in [6.45, 7) is 4.92. The predicted octanol–water partition coefficient (Wildman–Crippen LogP) is 2.16. The van der Waals surface area contributed by atoms with Crippen LogP contribution in [0.1, 0.15) is 37.0 Å². The molecule has 1 aromatic rings. The first-order chi connectivity index (χ1) is 8.60. The van der Waals surface area contributed by atoms with Crippen molar-refractivity contribution in [3.63, 3.8) is 0 Å². The van der Waals surface area contributed by atoms with E-state index >= 15 is 0 Å². The molecule has 0 saturated carbocycles. The molecule has 1 heterocycles. The van der Waals surface area contributed by atoms with Crippen LogP contribution in [0.3, 0.4) is 0 Å². The number of ketones is 1. The second kappa shape index (κ2) is 4.98. The molecule has 1 aromatic carbocycles. The van der Waals surface area contributed by atoms with Gasteiger partial charge in [0, 0.05) is 5.56 Å². The average Bonchev–Trinajstić information content (AvgIpc) is 2.45. The number of carbonyl (C=O) groups is 1. The van der Waals surface area contributed by atoms with E-state index in [1.165, 1.54) is 0 Å². The van der Waals surface area contributed by atoms with E-state index < -0.39 is 5.54 Å². The van der Waals surface area contributed by atoms with Gasteiger partial charge in [-0.15, -0.1) is 0 Å². The van der Waals surface area contributed by atoms with Crippen LogP contribution in [0.15, 0.2) is 18.2 Å². The summed E-state index contributed by atoms with van der Waals surface area (Å²) in [6.07, 6.45) is 1.24. The van der Waals surface area contributed by atoms with Crippen molar-refractivity contribution in [2.75, 3.05) is 13.2 Å². The number of hydrogen-bond donors (Lipinski definition) is 1. The maximum absolute atomic E-state index is 12.4. The number of nitrogens with two attached hydrogens (primary N) is 1. The molecule has 0 unspecified atom stereocenters. The number of fused-ring (bicyclic) bond motifs is 1. The fraction of sp³-hybridized carbons (Fsp3) is 0.500. The van der Waals surface area contributed by atoms with E-state index in [1.807, 2.05) is 13.8 Å². The molecular formula is C14H19NO3. The lowest BCUT2D eigenvalue weighted by atomic mass is 9.85. The van der Waals surface area contributed by atoms with Crippen molar-refractivity contribution in [2.45, 2.75) is 32.2 Å². The Morgan fingerprint density at radius 1 is 1.22 bits per heavy atom. The summed E-state index contributed by atoms with van der Waals surface area (Å²) in [5.41, 5.74) is 5.93. The Morgan fingerprint density at radius 3 is 2.44 bits per heavy atom. The van der Waals surface area contributed by atoms with Gasteiger partial charge in [-0.1, -0.05) is 13.8 Å². The Kier molecular flexibility index (Phi) is 3.57. The number of Topliss-reactive ketones (excluding diaryl/α,β-unsaturated/α-hetero) is 1. The van der Waals surface area contributed by atoms with Gasteiger partial charge in [0.25, 0.3) is 0 Å². The van der Waals surface area contributed by atoms with E-state index in [-0.39, 0.29) is 5.78 Å². The molecule has 0 radical (unpaired) electrons. The van der Waals surface area contributed by atoms with Crippen molar-refractivity contribution in [3.8, 4) is 11.5 Å². The van der Waals surface area contributed by atoms with Gasteiger partial charge in [0.05, 0.1) is 5.54 Å². The summed E-state index contributed by atoms with van der Waals surface area (Å²) in [5, 5.41) is 0. The van der Waals surface area contributed by atoms with Gasteiger partial charge in [-0.2, -0.15) is 0 Å². The summed E-state index contributed by atoms with van der Waals surface area (Å²) in [7, 11) is 0. The molecule has 98 valence electrons. The van der Waals surface area contributed by atoms with E-state index in [9.17, 15) is 4.79 Å². The summed E-state index contributed by atoms with van der Waals surface area (Å²) in [6, 6.07) is 5.25.